The SMILES string of the molecule is CCCCN(C)S(=O)(=O)c1ccc(F)c(CNC)c1. The van der Waals surface area contributed by atoms with Gasteiger partial charge in [-0.05, 0) is 31.7 Å². The van der Waals surface area contributed by atoms with Crippen LogP contribution in [0.25, 0.3) is 0 Å². The second kappa shape index (κ2) is 6.98. The Kier molecular flexibility index (Phi) is 5.90. The highest BCUT2D eigenvalue weighted by atomic mass is 32.2. The van der Waals surface area contributed by atoms with Crippen molar-refractivity contribution in [2.24, 2.45) is 0 Å². The van der Waals surface area contributed by atoms with Crippen molar-refractivity contribution in [2.75, 3.05) is 20.6 Å². The summed E-state index contributed by atoms with van der Waals surface area (Å²) in [7, 11) is -0.294. The maximum absolute atomic E-state index is 13.5. The number of sulfonamides is 1. The summed E-state index contributed by atoms with van der Waals surface area (Å²) in [5, 5.41) is 2.82. The Labute approximate surface area is 114 Å². The molecule has 1 rings (SSSR count). The van der Waals surface area contributed by atoms with Crippen LogP contribution in [0.15, 0.2) is 23.1 Å². The van der Waals surface area contributed by atoms with Gasteiger partial charge in [-0.1, -0.05) is 13.3 Å². The lowest BCUT2D eigenvalue weighted by atomic mass is 10.2. The van der Waals surface area contributed by atoms with Gasteiger partial charge in [-0.25, -0.2) is 17.1 Å². The molecule has 0 heterocycles. The summed E-state index contributed by atoms with van der Waals surface area (Å²) >= 11 is 0. The average Bonchev–Trinajstić information content (AvgIpc) is 2.38. The zero-order valence-corrected chi connectivity index (χ0v) is 12.4. The van der Waals surface area contributed by atoms with Crippen molar-refractivity contribution in [1.82, 2.24) is 9.62 Å². The second-order valence-corrected chi connectivity index (χ2v) is 6.51. The molecule has 1 N–H and O–H groups in total. The molecule has 19 heavy (non-hydrogen) atoms. The van der Waals surface area contributed by atoms with Crippen molar-refractivity contribution in [3.05, 3.63) is 29.6 Å². The number of hydrogen-bond donors (Lipinski definition) is 1. The van der Waals surface area contributed by atoms with Crippen LogP contribution in [-0.2, 0) is 16.6 Å². The fraction of sp³-hybridized carbons (Fsp3) is 0.538. The Hall–Kier alpha value is -0.980. The van der Waals surface area contributed by atoms with Crippen molar-refractivity contribution >= 4 is 10.0 Å². The number of nitrogens with zero attached hydrogens (tertiary/aromatic N) is 1. The molecular weight excluding hydrogens is 267 g/mol. The summed E-state index contributed by atoms with van der Waals surface area (Å²) in [6.07, 6.45) is 1.73. The lowest BCUT2D eigenvalue weighted by Gasteiger charge is -2.17. The maximum atomic E-state index is 13.5. The van der Waals surface area contributed by atoms with E-state index in [1.165, 1.54) is 22.5 Å². The van der Waals surface area contributed by atoms with E-state index in [2.05, 4.69) is 5.32 Å². The minimum atomic E-state index is -3.53. The molecule has 0 radical (unpaired) electrons. The highest BCUT2D eigenvalue weighted by molar-refractivity contribution is 7.89. The average molecular weight is 288 g/mol. The Balaban J connectivity index is 3.04. The topological polar surface area (TPSA) is 49.4 Å². The van der Waals surface area contributed by atoms with E-state index >= 15 is 0 Å². The fourth-order valence-electron chi connectivity index (χ4n) is 1.72. The first-order valence-electron chi connectivity index (χ1n) is 6.32. The van der Waals surface area contributed by atoms with Gasteiger partial charge in [0.2, 0.25) is 10.0 Å². The predicted molar refractivity (Wildman–Crippen MR) is 73.9 cm³/mol. The zero-order valence-electron chi connectivity index (χ0n) is 11.6. The van der Waals surface area contributed by atoms with Crippen molar-refractivity contribution in [3.8, 4) is 0 Å². The van der Waals surface area contributed by atoms with Gasteiger partial charge in [0.15, 0.2) is 0 Å². The highest BCUT2D eigenvalue weighted by Gasteiger charge is 2.21. The number of benzene rings is 1. The van der Waals surface area contributed by atoms with Crippen LogP contribution in [0.1, 0.15) is 25.3 Å². The minimum Gasteiger partial charge on any atom is -0.316 e. The van der Waals surface area contributed by atoms with Gasteiger partial charge in [-0.15, -0.1) is 0 Å². The molecule has 0 spiro atoms. The smallest absolute Gasteiger partial charge is 0.242 e. The van der Waals surface area contributed by atoms with E-state index in [4.69, 9.17) is 0 Å². The monoisotopic (exact) mass is 288 g/mol. The molecule has 6 heteroatoms. The predicted octanol–water partition coefficient (Wildman–Crippen LogP) is 1.97. The van der Waals surface area contributed by atoms with Crippen LogP contribution in [0.4, 0.5) is 4.39 Å². The second-order valence-electron chi connectivity index (χ2n) is 4.46. The third kappa shape index (κ3) is 3.99. The first-order valence-corrected chi connectivity index (χ1v) is 7.76. The lowest BCUT2D eigenvalue weighted by Crippen LogP contribution is -2.28. The third-order valence-electron chi connectivity index (χ3n) is 2.92. The van der Waals surface area contributed by atoms with E-state index < -0.39 is 15.8 Å². The normalized spacial score (nSPS) is 12.1. The summed E-state index contributed by atoms with van der Waals surface area (Å²) in [5.41, 5.74) is 0.354. The number of unbranched alkanes of at least 4 members (excludes halogenated alkanes) is 1. The van der Waals surface area contributed by atoms with E-state index in [9.17, 15) is 12.8 Å². The summed E-state index contributed by atoms with van der Waals surface area (Å²) in [5.74, 6) is -0.399. The minimum absolute atomic E-state index is 0.137. The standard InChI is InChI=1S/C13H21FN2O2S/c1-4-5-8-16(3)19(17,18)12-6-7-13(14)11(9-12)10-15-2/h6-7,9,15H,4-5,8,10H2,1-3H3. The van der Waals surface area contributed by atoms with E-state index in [0.29, 0.717) is 18.7 Å². The Bertz CT molecular complexity index is 517. The summed E-state index contributed by atoms with van der Waals surface area (Å²) in [6.45, 7) is 2.77. The van der Waals surface area contributed by atoms with Crippen molar-refractivity contribution < 1.29 is 12.8 Å². The van der Waals surface area contributed by atoms with E-state index in [1.807, 2.05) is 6.92 Å². The Morgan fingerprint density at radius 3 is 2.63 bits per heavy atom. The molecule has 0 atom stereocenters. The Morgan fingerprint density at radius 1 is 1.37 bits per heavy atom. The van der Waals surface area contributed by atoms with Crippen LogP contribution < -0.4 is 5.32 Å². The molecule has 0 aliphatic carbocycles. The number of rotatable bonds is 7. The summed E-state index contributed by atoms with van der Waals surface area (Å²) in [6, 6.07) is 3.91. The lowest BCUT2D eigenvalue weighted by molar-refractivity contribution is 0.459. The van der Waals surface area contributed by atoms with Crippen LogP contribution in [0, 0.1) is 5.82 Å². The molecule has 0 aliphatic heterocycles. The molecule has 0 saturated carbocycles. The molecular formula is C13H21FN2O2S. The molecule has 108 valence electrons. The number of hydrogen-bond acceptors (Lipinski definition) is 3. The van der Waals surface area contributed by atoms with Crippen molar-refractivity contribution in [1.29, 1.82) is 0 Å². The van der Waals surface area contributed by atoms with Crippen LogP contribution in [0.2, 0.25) is 0 Å². The van der Waals surface area contributed by atoms with Gasteiger partial charge in [0.1, 0.15) is 5.82 Å². The third-order valence-corrected chi connectivity index (χ3v) is 4.77. The quantitative estimate of drug-likeness (QED) is 0.834. The van der Waals surface area contributed by atoms with E-state index in [0.717, 1.165) is 12.8 Å². The van der Waals surface area contributed by atoms with Gasteiger partial charge in [0.05, 0.1) is 4.90 Å². The molecule has 0 unspecified atom stereocenters. The Morgan fingerprint density at radius 2 is 2.05 bits per heavy atom. The van der Waals surface area contributed by atoms with Crippen LogP contribution in [0.5, 0.6) is 0 Å². The van der Waals surface area contributed by atoms with Gasteiger partial charge in [-0.3, -0.25) is 0 Å². The van der Waals surface area contributed by atoms with Crippen LogP contribution in [-0.4, -0.2) is 33.4 Å². The van der Waals surface area contributed by atoms with Crippen molar-refractivity contribution in [2.45, 2.75) is 31.2 Å². The van der Waals surface area contributed by atoms with E-state index in [1.54, 1.807) is 14.1 Å². The highest BCUT2D eigenvalue weighted by Crippen LogP contribution is 2.18. The van der Waals surface area contributed by atoms with Crippen LogP contribution >= 0.6 is 0 Å². The molecule has 0 amide bonds. The molecule has 0 aromatic heterocycles. The van der Waals surface area contributed by atoms with Crippen molar-refractivity contribution in [3.63, 3.8) is 0 Å². The van der Waals surface area contributed by atoms with Gasteiger partial charge in [-0.2, -0.15) is 0 Å². The van der Waals surface area contributed by atoms with Crippen LogP contribution in [0.3, 0.4) is 0 Å². The number of nitrogens with one attached hydrogen (secondary N) is 1. The molecule has 0 bridgehead atoms. The maximum Gasteiger partial charge on any atom is 0.242 e. The first kappa shape index (κ1) is 16.1. The molecule has 0 fully saturated rings. The van der Waals surface area contributed by atoms with Gasteiger partial charge in [0, 0.05) is 25.7 Å². The largest absolute Gasteiger partial charge is 0.316 e. The first-order chi connectivity index (χ1) is 8.93. The van der Waals surface area contributed by atoms with Gasteiger partial charge < -0.3 is 5.32 Å². The van der Waals surface area contributed by atoms with Gasteiger partial charge in [0.25, 0.3) is 0 Å². The molecule has 1 aromatic rings. The number of halogens is 1. The van der Waals surface area contributed by atoms with Gasteiger partial charge >= 0.3 is 0 Å². The molecule has 4 nitrogen and oxygen atoms in total. The molecule has 1 aromatic carbocycles. The fourth-order valence-corrected chi connectivity index (χ4v) is 2.98. The molecule has 0 aliphatic rings. The van der Waals surface area contributed by atoms with E-state index in [-0.39, 0.29) is 4.90 Å². The zero-order chi connectivity index (χ0) is 14.5. The molecule has 0 saturated heterocycles. The summed E-state index contributed by atoms with van der Waals surface area (Å²) in [4.78, 5) is 0.137. The summed E-state index contributed by atoms with van der Waals surface area (Å²) < 4.78 is 39.4.